The highest BCUT2D eigenvalue weighted by molar-refractivity contribution is 8.00. The Hall–Kier alpha value is -0.540. The monoisotopic (exact) mass is 295 g/mol. The van der Waals surface area contributed by atoms with Crippen LogP contribution < -0.4 is 5.32 Å². The van der Waals surface area contributed by atoms with Crippen molar-refractivity contribution in [2.45, 2.75) is 62.6 Å². The van der Waals surface area contributed by atoms with Crippen molar-refractivity contribution in [3.05, 3.63) is 29.6 Å². The van der Waals surface area contributed by atoms with Gasteiger partial charge in [-0.2, -0.15) is 0 Å². The molecule has 1 aliphatic carbocycles. The summed E-state index contributed by atoms with van der Waals surface area (Å²) in [6, 6.07) is 5.57. The van der Waals surface area contributed by atoms with Crippen LogP contribution in [-0.4, -0.2) is 11.8 Å². The summed E-state index contributed by atoms with van der Waals surface area (Å²) in [4.78, 5) is 1.12. The molecule has 1 saturated carbocycles. The lowest BCUT2D eigenvalue weighted by Crippen LogP contribution is -2.20. The first-order valence-corrected chi connectivity index (χ1v) is 8.68. The number of halogens is 1. The Balaban J connectivity index is 2.16. The largest absolute Gasteiger partial charge is 0.310 e. The van der Waals surface area contributed by atoms with Gasteiger partial charge in [-0.3, -0.25) is 0 Å². The summed E-state index contributed by atoms with van der Waals surface area (Å²) in [6.07, 6.45) is 5.18. The average Bonchev–Trinajstić information content (AvgIpc) is 2.39. The van der Waals surface area contributed by atoms with Gasteiger partial charge in [-0.1, -0.05) is 32.8 Å². The van der Waals surface area contributed by atoms with E-state index in [0.29, 0.717) is 5.25 Å². The van der Waals surface area contributed by atoms with Crippen molar-refractivity contribution in [1.29, 1.82) is 0 Å². The van der Waals surface area contributed by atoms with Crippen molar-refractivity contribution >= 4 is 11.8 Å². The van der Waals surface area contributed by atoms with Gasteiger partial charge < -0.3 is 5.32 Å². The van der Waals surface area contributed by atoms with Gasteiger partial charge in [-0.15, -0.1) is 11.8 Å². The van der Waals surface area contributed by atoms with E-state index in [1.165, 1.54) is 25.7 Å². The Morgan fingerprint density at radius 3 is 2.90 bits per heavy atom. The molecule has 3 heteroatoms. The highest BCUT2D eigenvalue weighted by Gasteiger charge is 2.23. The second-order valence-electron chi connectivity index (χ2n) is 5.94. The van der Waals surface area contributed by atoms with Gasteiger partial charge in [0.25, 0.3) is 0 Å². The number of thioether (sulfide) groups is 1. The highest BCUT2D eigenvalue weighted by Crippen LogP contribution is 2.39. The predicted molar refractivity (Wildman–Crippen MR) is 85.8 cm³/mol. The zero-order valence-electron chi connectivity index (χ0n) is 12.8. The molecule has 2 rings (SSSR count). The lowest BCUT2D eigenvalue weighted by molar-refractivity contribution is 0.394. The Morgan fingerprint density at radius 2 is 2.20 bits per heavy atom. The summed E-state index contributed by atoms with van der Waals surface area (Å²) in [7, 11) is 0. The van der Waals surface area contributed by atoms with E-state index in [1.807, 2.05) is 17.8 Å². The van der Waals surface area contributed by atoms with E-state index in [1.54, 1.807) is 6.07 Å². The molecule has 1 N–H and O–H groups in total. The molecule has 0 spiro atoms. The van der Waals surface area contributed by atoms with E-state index in [-0.39, 0.29) is 11.9 Å². The fourth-order valence-electron chi connectivity index (χ4n) is 3.11. The summed E-state index contributed by atoms with van der Waals surface area (Å²) in [6.45, 7) is 7.31. The molecule has 0 bridgehead atoms. The smallest absolute Gasteiger partial charge is 0.129 e. The van der Waals surface area contributed by atoms with E-state index in [4.69, 9.17) is 0 Å². The molecule has 1 aliphatic rings. The lowest BCUT2D eigenvalue weighted by atomic mass is 9.91. The Bertz CT molecular complexity index is 435. The van der Waals surface area contributed by atoms with Gasteiger partial charge in [0.05, 0.1) is 0 Å². The zero-order chi connectivity index (χ0) is 14.5. The normalized spacial score (nSPS) is 24.6. The van der Waals surface area contributed by atoms with E-state index in [0.717, 1.165) is 22.9 Å². The Labute approximate surface area is 126 Å². The molecule has 0 heterocycles. The van der Waals surface area contributed by atoms with E-state index in [2.05, 4.69) is 32.2 Å². The van der Waals surface area contributed by atoms with Gasteiger partial charge in [0.2, 0.25) is 0 Å². The topological polar surface area (TPSA) is 12.0 Å². The number of nitrogens with one attached hydrogen (secondary N) is 1. The highest BCUT2D eigenvalue weighted by atomic mass is 32.2. The molecule has 3 atom stereocenters. The molecule has 1 aromatic carbocycles. The first-order valence-electron chi connectivity index (χ1n) is 7.80. The third-order valence-electron chi connectivity index (χ3n) is 4.14. The molecule has 112 valence electrons. The maximum atomic E-state index is 14.2. The van der Waals surface area contributed by atoms with Crippen molar-refractivity contribution in [2.75, 3.05) is 6.54 Å². The molecular formula is C17H26FNS. The zero-order valence-corrected chi connectivity index (χ0v) is 13.6. The number of rotatable bonds is 5. The maximum absolute atomic E-state index is 14.2. The minimum atomic E-state index is -0.0766. The van der Waals surface area contributed by atoms with Crippen molar-refractivity contribution in [1.82, 2.24) is 5.32 Å². The SMILES string of the molecule is CCNC(C)c1c(F)cccc1SC1CCCC(C)C1. The minimum absolute atomic E-state index is 0.0738. The minimum Gasteiger partial charge on any atom is -0.310 e. The van der Waals surface area contributed by atoms with Crippen LogP contribution in [0.3, 0.4) is 0 Å². The fraction of sp³-hybridized carbons (Fsp3) is 0.647. The van der Waals surface area contributed by atoms with Crippen LogP contribution in [0, 0.1) is 11.7 Å². The summed E-state index contributed by atoms with van der Waals surface area (Å²) in [5, 5.41) is 3.98. The summed E-state index contributed by atoms with van der Waals surface area (Å²) < 4.78 is 14.2. The number of hydrogen-bond acceptors (Lipinski definition) is 2. The standard InChI is InChI=1S/C17H26FNS/c1-4-19-13(3)17-15(18)9-6-10-16(17)20-14-8-5-7-12(2)11-14/h6,9-10,12-14,19H,4-5,7-8,11H2,1-3H3. The van der Waals surface area contributed by atoms with Crippen LogP contribution in [0.4, 0.5) is 4.39 Å². The van der Waals surface area contributed by atoms with Crippen molar-refractivity contribution < 1.29 is 4.39 Å². The molecule has 3 unspecified atom stereocenters. The first kappa shape index (κ1) is 15.8. The first-order chi connectivity index (χ1) is 9.61. The van der Waals surface area contributed by atoms with E-state index < -0.39 is 0 Å². The van der Waals surface area contributed by atoms with E-state index in [9.17, 15) is 4.39 Å². The van der Waals surface area contributed by atoms with Gasteiger partial charge in [-0.25, -0.2) is 4.39 Å². The quantitative estimate of drug-likeness (QED) is 0.804. The summed E-state index contributed by atoms with van der Waals surface area (Å²) in [5.74, 6) is 0.733. The van der Waals surface area contributed by atoms with Gasteiger partial charge in [0.15, 0.2) is 0 Å². The summed E-state index contributed by atoms with van der Waals surface area (Å²) in [5.41, 5.74) is 0.845. The van der Waals surface area contributed by atoms with Crippen molar-refractivity contribution in [3.63, 3.8) is 0 Å². The summed E-state index contributed by atoms with van der Waals surface area (Å²) >= 11 is 1.88. The molecule has 20 heavy (non-hydrogen) atoms. The lowest BCUT2D eigenvalue weighted by Gasteiger charge is -2.27. The Kier molecular flexibility index (Phi) is 5.91. The molecule has 0 saturated heterocycles. The van der Waals surface area contributed by atoms with Crippen LogP contribution in [0.15, 0.2) is 23.1 Å². The predicted octanol–water partition coefficient (Wildman–Crippen LogP) is 5.17. The number of hydrogen-bond donors (Lipinski definition) is 1. The molecule has 0 aliphatic heterocycles. The van der Waals surface area contributed by atoms with Gasteiger partial charge >= 0.3 is 0 Å². The second-order valence-corrected chi connectivity index (χ2v) is 7.28. The van der Waals surface area contributed by atoms with Gasteiger partial charge in [0.1, 0.15) is 5.82 Å². The molecule has 1 fully saturated rings. The third-order valence-corrected chi connectivity index (χ3v) is 5.51. The molecule has 1 nitrogen and oxygen atoms in total. The van der Waals surface area contributed by atoms with Gasteiger partial charge in [0, 0.05) is 21.8 Å². The van der Waals surface area contributed by atoms with Crippen LogP contribution in [0.1, 0.15) is 58.1 Å². The third kappa shape index (κ3) is 3.98. The molecule has 1 aromatic rings. The molecule has 0 amide bonds. The van der Waals surface area contributed by atoms with Gasteiger partial charge in [-0.05, 0) is 44.4 Å². The Morgan fingerprint density at radius 1 is 1.40 bits per heavy atom. The van der Waals surface area contributed by atoms with Crippen LogP contribution >= 0.6 is 11.8 Å². The average molecular weight is 295 g/mol. The van der Waals surface area contributed by atoms with Crippen LogP contribution in [-0.2, 0) is 0 Å². The van der Waals surface area contributed by atoms with E-state index >= 15 is 0 Å². The number of benzene rings is 1. The fourth-order valence-corrected chi connectivity index (χ4v) is 4.74. The van der Waals surface area contributed by atoms with Crippen LogP contribution in [0.5, 0.6) is 0 Å². The van der Waals surface area contributed by atoms with Crippen molar-refractivity contribution in [2.24, 2.45) is 5.92 Å². The molecular weight excluding hydrogens is 269 g/mol. The second kappa shape index (κ2) is 7.46. The van der Waals surface area contributed by atoms with Crippen molar-refractivity contribution in [3.8, 4) is 0 Å². The maximum Gasteiger partial charge on any atom is 0.129 e. The van der Waals surface area contributed by atoms with Crippen LogP contribution in [0.2, 0.25) is 0 Å². The van der Waals surface area contributed by atoms with Crippen LogP contribution in [0.25, 0.3) is 0 Å². The molecule has 0 radical (unpaired) electrons. The molecule has 0 aromatic heterocycles.